The molecule has 1 fully saturated rings. The average Bonchev–Trinajstić information content (AvgIpc) is 3.56. The molecular weight excluding hydrogens is 994 g/mol. The van der Waals surface area contributed by atoms with Gasteiger partial charge in [0.25, 0.3) is 11.8 Å². The number of carbonyl (C=O) groups is 2. The largest absolute Gasteiger partial charge is 0.496 e. The first-order valence-electron chi connectivity index (χ1n) is 21.3. The fraction of sp³-hybridized carbons (Fsp3) is 0.280. The van der Waals surface area contributed by atoms with E-state index in [1.807, 2.05) is 59.7 Å². The number of halogens is 3. The molecule has 2 amide bonds. The van der Waals surface area contributed by atoms with Gasteiger partial charge in [-0.1, -0.05) is 23.2 Å². The molecule has 1 saturated heterocycles. The molecular formula is C50H46BBrCl2N12O4. The Hall–Kier alpha value is -7.16. The predicted octanol–water partition coefficient (Wildman–Crippen LogP) is 9.93. The van der Waals surface area contributed by atoms with Gasteiger partial charge in [0, 0.05) is 68.4 Å². The highest BCUT2D eigenvalue weighted by Gasteiger charge is 2.52. The summed E-state index contributed by atoms with van der Waals surface area (Å²) < 4.78 is 13.0. The van der Waals surface area contributed by atoms with Crippen LogP contribution in [0.5, 0.6) is 0 Å². The zero-order valence-corrected chi connectivity index (χ0v) is 43.0. The fourth-order valence-corrected chi connectivity index (χ4v) is 6.87. The summed E-state index contributed by atoms with van der Waals surface area (Å²) in [5, 5.41) is 42.3. The van der Waals surface area contributed by atoms with E-state index in [1.54, 1.807) is 94.9 Å². The molecule has 20 heteroatoms. The number of nitrogens with one attached hydrogen (secondary N) is 2. The van der Waals surface area contributed by atoms with E-state index in [-0.39, 0.29) is 27.7 Å². The van der Waals surface area contributed by atoms with Crippen molar-refractivity contribution < 1.29 is 18.9 Å². The Balaban J connectivity index is 0.000000218. The van der Waals surface area contributed by atoms with Gasteiger partial charge in [-0.3, -0.25) is 29.5 Å². The van der Waals surface area contributed by atoms with Crippen molar-refractivity contribution in [2.45, 2.75) is 91.3 Å². The lowest BCUT2D eigenvalue weighted by Gasteiger charge is -2.32. The van der Waals surface area contributed by atoms with Crippen LogP contribution in [0.3, 0.4) is 0 Å². The van der Waals surface area contributed by atoms with Crippen LogP contribution in [0.15, 0.2) is 90.2 Å². The minimum absolute atomic E-state index is 0.130. The standard InChI is InChI=1S/C22H27BN4O3.C22H17ClN6O.C6H2BrClN2/c1-14-17(23-29-21(4,5)22(6,7)30-23)11-16(12-26-14)27-19(28)15-8-9-25-18(10-15)20(2,3)13-24;1-13-18(16-6-15(9-24)20(23)28-10-16)8-17(11-27-13)29-21(30)14-4-5-26-19(7-14)22(2,3)12-25;7-5-1-4(2-9)6(8)10-3-5/h8-12H,1-7H3,(H,27,28);4-8,10-11H,1-3H3,(H,29,30);1,3H. The van der Waals surface area contributed by atoms with Crippen LogP contribution in [-0.2, 0) is 20.1 Å². The van der Waals surface area contributed by atoms with Crippen LogP contribution >= 0.6 is 39.1 Å². The van der Waals surface area contributed by atoms with E-state index in [4.69, 9.17) is 37.8 Å². The second kappa shape index (κ2) is 22.1. The summed E-state index contributed by atoms with van der Waals surface area (Å²) in [6, 6.07) is 21.5. The molecule has 0 atom stereocenters. The van der Waals surface area contributed by atoms with E-state index >= 15 is 0 Å². The molecule has 7 heterocycles. The van der Waals surface area contributed by atoms with Crippen molar-refractivity contribution >= 4 is 74.9 Å². The van der Waals surface area contributed by atoms with Gasteiger partial charge in [0.1, 0.15) is 22.4 Å². The molecule has 0 saturated carbocycles. The smallest absolute Gasteiger partial charge is 0.399 e. The monoisotopic (exact) mass is 1040 g/mol. The highest BCUT2D eigenvalue weighted by Crippen LogP contribution is 2.37. The van der Waals surface area contributed by atoms with Gasteiger partial charge in [0.05, 0.1) is 80.5 Å². The number of aryl methyl sites for hydroxylation is 2. The van der Waals surface area contributed by atoms with Crippen molar-refractivity contribution in [3.05, 3.63) is 146 Å². The second-order valence-corrected chi connectivity index (χ2v) is 19.5. The number of hydrogen-bond donors (Lipinski definition) is 2. The summed E-state index contributed by atoms with van der Waals surface area (Å²) >= 11 is 14.6. The van der Waals surface area contributed by atoms with Gasteiger partial charge >= 0.3 is 7.12 Å². The number of rotatable bonds is 8. The van der Waals surface area contributed by atoms with Crippen molar-refractivity contribution in [3.8, 4) is 35.4 Å². The highest BCUT2D eigenvalue weighted by atomic mass is 79.9. The van der Waals surface area contributed by atoms with Gasteiger partial charge in [-0.05, 0) is 134 Å². The summed E-state index contributed by atoms with van der Waals surface area (Å²) in [4.78, 5) is 50.5. The molecule has 16 nitrogen and oxygen atoms in total. The second-order valence-electron chi connectivity index (χ2n) is 17.9. The summed E-state index contributed by atoms with van der Waals surface area (Å²) in [7, 11) is -0.566. The van der Waals surface area contributed by atoms with E-state index in [1.165, 1.54) is 12.4 Å². The van der Waals surface area contributed by atoms with Crippen LogP contribution in [0.4, 0.5) is 11.4 Å². The van der Waals surface area contributed by atoms with Crippen LogP contribution in [0, 0.1) is 59.2 Å². The summed E-state index contributed by atoms with van der Waals surface area (Å²) in [5.41, 5.74) is 4.61. The predicted molar refractivity (Wildman–Crippen MR) is 270 cm³/mol. The van der Waals surface area contributed by atoms with Crippen LogP contribution < -0.4 is 16.1 Å². The number of amides is 2. The normalized spacial score (nSPS) is 13.4. The van der Waals surface area contributed by atoms with Gasteiger partial charge in [0.15, 0.2) is 0 Å². The molecule has 6 aromatic rings. The Bertz CT molecular complexity index is 3140. The highest BCUT2D eigenvalue weighted by molar-refractivity contribution is 9.10. The molecule has 0 bridgehead atoms. The maximum absolute atomic E-state index is 12.8. The lowest BCUT2D eigenvalue weighted by Crippen LogP contribution is -2.41. The summed E-state index contributed by atoms with van der Waals surface area (Å²) in [6.45, 7) is 18.7. The number of pyridine rings is 6. The third-order valence-corrected chi connectivity index (χ3v) is 12.4. The first-order chi connectivity index (χ1) is 32.8. The Morgan fingerprint density at radius 3 is 1.57 bits per heavy atom. The lowest BCUT2D eigenvalue weighted by molar-refractivity contribution is 0.00578. The number of aromatic nitrogens is 6. The van der Waals surface area contributed by atoms with Crippen molar-refractivity contribution in [2.24, 2.45) is 0 Å². The van der Waals surface area contributed by atoms with Crippen LogP contribution in [0.2, 0.25) is 10.3 Å². The van der Waals surface area contributed by atoms with Crippen molar-refractivity contribution in [1.82, 2.24) is 29.9 Å². The Morgan fingerprint density at radius 1 is 0.643 bits per heavy atom. The Morgan fingerprint density at radius 2 is 1.10 bits per heavy atom. The van der Waals surface area contributed by atoms with E-state index in [0.29, 0.717) is 50.7 Å². The SMILES string of the molecule is Cc1ncc(NC(=O)c2ccnc(C(C)(C)C#N)c2)cc1-c1cnc(Cl)c(C#N)c1.Cc1ncc(NC(=O)c2ccnc(C(C)(C)C#N)c2)cc1B1OC(C)(C)C(C)(C)O1.N#Cc1cc(Br)cnc1Cl. The van der Waals surface area contributed by atoms with E-state index < -0.39 is 29.2 Å². The van der Waals surface area contributed by atoms with Gasteiger partial charge in [-0.2, -0.15) is 21.0 Å². The molecule has 0 unspecified atom stereocenters. The maximum Gasteiger partial charge on any atom is 0.496 e. The zero-order valence-electron chi connectivity index (χ0n) is 39.9. The molecule has 0 spiro atoms. The number of hydrogen-bond acceptors (Lipinski definition) is 14. The molecule has 0 radical (unpaired) electrons. The first-order valence-corrected chi connectivity index (χ1v) is 22.8. The molecule has 2 N–H and O–H groups in total. The van der Waals surface area contributed by atoms with E-state index in [2.05, 4.69) is 68.6 Å². The van der Waals surface area contributed by atoms with Gasteiger partial charge < -0.3 is 19.9 Å². The molecule has 7 rings (SSSR count). The quantitative estimate of drug-likeness (QED) is 0.106. The molecule has 6 aromatic heterocycles. The third kappa shape index (κ3) is 12.9. The third-order valence-electron chi connectivity index (χ3n) is 11.3. The number of anilines is 2. The first kappa shape index (κ1) is 53.8. The van der Waals surface area contributed by atoms with E-state index in [9.17, 15) is 25.4 Å². The van der Waals surface area contributed by atoms with Crippen LogP contribution in [0.1, 0.15) is 110 Å². The molecule has 1 aliphatic rings. The summed E-state index contributed by atoms with van der Waals surface area (Å²) in [5.74, 6) is -0.658. The average molecular weight is 1040 g/mol. The fourth-order valence-electron chi connectivity index (χ4n) is 6.24. The zero-order chi connectivity index (χ0) is 51.8. The van der Waals surface area contributed by atoms with Gasteiger partial charge in [0.2, 0.25) is 0 Å². The molecule has 354 valence electrons. The molecule has 0 aliphatic carbocycles. The molecule has 70 heavy (non-hydrogen) atoms. The van der Waals surface area contributed by atoms with Crippen molar-refractivity contribution in [2.75, 3.05) is 10.6 Å². The van der Waals surface area contributed by atoms with Gasteiger partial charge in [-0.15, -0.1) is 0 Å². The Labute approximate surface area is 425 Å². The number of nitrogens with zero attached hydrogens (tertiary/aromatic N) is 10. The van der Waals surface area contributed by atoms with Crippen LogP contribution in [-0.4, -0.2) is 60.0 Å². The topological polar surface area (TPSA) is 249 Å². The van der Waals surface area contributed by atoms with E-state index in [0.717, 1.165) is 21.2 Å². The Kier molecular flexibility index (Phi) is 17.0. The van der Waals surface area contributed by atoms with Crippen molar-refractivity contribution in [1.29, 1.82) is 21.0 Å². The number of carbonyl (C=O) groups excluding carboxylic acids is 2. The number of nitriles is 4. The summed E-state index contributed by atoms with van der Waals surface area (Å²) in [6.07, 6.45) is 9.29. The maximum atomic E-state index is 12.8. The lowest BCUT2D eigenvalue weighted by atomic mass is 9.78. The van der Waals surface area contributed by atoms with Gasteiger partial charge in [-0.25, -0.2) is 9.97 Å². The minimum Gasteiger partial charge on any atom is -0.399 e. The minimum atomic E-state index is -0.811. The van der Waals surface area contributed by atoms with Crippen molar-refractivity contribution in [3.63, 3.8) is 0 Å². The van der Waals surface area contributed by atoms with Crippen LogP contribution in [0.25, 0.3) is 11.1 Å². The molecule has 1 aliphatic heterocycles. The molecule has 0 aromatic carbocycles.